The Hall–Kier alpha value is -3.40. The zero-order valence-electron chi connectivity index (χ0n) is 14.5. The largest absolute Gasteiger partial charge is 0.308 e. The summed E-state index contributed by atoms with van der Waals surface area (Å²) in [5.74, 6) is 0.490. The van der Waals surface area contributed by atoms with Gasteiger partial charge in [0, 0.05) is 5.39 Å². The van der Waals surface area contributed by atoms with E-state index in [1.807, 2.05) is 48.5 Å². The molecule has 1 aromatic heterocycles. The minimum Gasteiger partial charge on any atom is -0.308 e. The molecule has 128 valence electrons. The lowest BCUT2D eigenvalue weighted by molar-refractivity contribution is -0.115. The Morgan fingerprint density at radius 2 is 1.69 bits per heavy atom. The maximum absolute atomic E-state index is 12.4. The van der Waals surface area contributed by atoms with E-state index in [1.165, 1.54) is 0 Å². The number of hydrogen-bond acceptors (Lipinski definition) is 2. The summed E-state index contributed by atoms with van der Waals surface area (Å²) in [4.78, 5) is 12.4. The molecule has 3 aromatic carbocycles. The zero-order chi connectivity index (χ0) is 17.9. The number of anilines is 1. The first-order chi connectivity index (χ1) is 12.7. The number of nitrogens with zero attached hydrogens (tertiary/aromatic N) is 1. The Bertz CT molecular complexity index is 1050. The van der Waals surface area contributed by atoms with Gasteiger partial charge < -0.3 is 5.32 Å². The first-order valence-electron chi connectivity index (χ1n) is 8.58. The lowest BCUT2D eigenvalue weighted by atomic mass is 9.99. The van der Waals surface area contributed by atoms with Crippen molar-refractivity contribution in [3.63, 3.8) is 0 Å². The van der Waals surface area contributed by atoms with Crippen molar-refractivity contribution in [1.82, 2.24) is 10.2 Å². The van der Waals surface area contributed by atoms with Gasteiger partial charge >= 0.3 is 0 Å². The van der Waals surface area contributed by atoms with Gasteiger partial charge in [0.15, 0.2) is 5.82 Å². The number of carbonyl (C=O) groups excluding carboxylic acids is 1. The van der Waals surface area contributed by atoms with Crippen molar-refractivity contribution in [1.29, 1.82) is 0 Å². The fraction of sp³-hybridized carbons (Fsp3) is 0.0909. The minimum absolute atomic E-state index is 0.0774. The summed E-state index contributed by atoms with van der Waals surface area (Å²) in [6.45, 7) is 2.08. The summed E-state index contributed by atoms with van der Waals surface area (Å²) < 4.78 is 0. The van der Waals surface area contributed by atoms with E-state index in [0.717, 1.165) is 33.2 Å². The number of H-pyrrole nitrogens is 1. The first-order valence-corrected chi connectivity index (χ1v) is 8.58. The van der Waals surface area contributed by atoms with E-state index in [9.17, 15) is 4.79 Å². The maximum Gasteiger partial charge on any atom is 0.230 e. The number of fused-ring (bicyclic) bond motifs is 1. The number of aromatic amines is 1. The molecule has 4 nitrogen and oxygen atoms in total. The van der Waals surface area contributed by atoms with Crippen LogP contribution in [0.5, 0.6) is 0 Å². The van der Waals surface area contributed by atoms with E-state index in [0.29, 0.717) is 12.2 Å². The third kappa shape index (κ3) is 3.22. The third-order valence-corrected chi connectivity index (χ3v) is 4.46. The number of carbonyl (C=O) groups is 1. The van der Waals surface area contributed by atoms with Gasteiger partial charge in [-0.2, -0.15) is 5.10 Å². The quantitative estimate of drug-likeness (QED) is 0.564. The van der Waals surface area contributed by atoms with E-state index < -0.39 is 0 Å². The van der Waals surface area contributed by atoms with Crippen molar-refractivity contribution in [2.75, 3.05) is 5.32 Å². The Morgan fingerprint density at radius 1 is 1.00 bits per heavy atom. The molecule has 2 N–H and O–H groups in total. The lowest BCUT2D eigenvalue weighted by Crippen LogP contribution is -2.14. The molecule has 1 amide bonds. The highest BCUT2D eigenvalue weighted by atomic mass is 16.1. The first kappa shape index (κ1) is 16.1. The van der Waals surface area contributed by atoms with E-state index in [1.54, 1.807) is 0 Å². The topological polar surface area (TPSA) is 57.8 Å². The fourth-order valence-electron chi connectivity index (χ4n) is 3.15. The summed E-state index contributed by atoms with van der Waals surface area (Å²) in [5, 5.41) is 11.2. The van der Waals surface area contributed by atoms with Gasteiger partial charge in [0.1, 0.15) is 0 Å². The molecule has 4 heteroatoms. The number of hydrogen-bond donors (Lipinski definition) is 2. The van der Waals surface area contributed by atoms with Crippen molar-refractivity contribution in [3.8, 4) is 11.1 Å². The highest BCUT2D eigenvalue weighted by Gasteiger charge is 2.13. The molecule has 0 aliphatic rings. The second-order valence-electron chi connectivity index (χ2n) is 6.36. The van der Waals surface area contributed by atoms with Gasteiger partial charge in [-0.3, -0.25) is 9.89 Å². The number of amides is 1. The zero-order valence-corrected chi connectivity index (χ0v) is 14.5. The molecule has 0 saturated heterocycles. The van der Waals surface area contributed by atoms with Crippen LogP contribution in [0.1, 0.15) is 11.1 Å². The summed E-state index contributed by atoms with van der Waals surface area (Å²) in [6.07, 6.45) is 0.326. The molecule has 0 fully saturated rings. The number of aryl methyl sites for hydroxylation is 1. The Morgan fingerprint density at radius 3 is 2.42 bits per heavy atom. The average molecular weight is 341 g/mol. The van der Waals surface area contributed by atoms with Crippen LogP contribution < -0.4 is 5.32 Å². The number of nitrogens with one attached hydrogen (secondary N) is 2. The summed E-state index contributed by atoms with van der Waals surface area (Å²) in [7, 11) is 0. The van der Waals surface area contributed by atoms with Crippen LogP contribution in [-0.2, 0) is 11.2 Å². The summed E-state index contributed by atoms with van der Waals surface area (Å²) in [5.41, 5.74) is 5.34. The molecule has 0 saturated carbocycles. The maximum atomic E-state index is 12.4. The number of benzene rings is 3. The Labute approximate surface area is 151 Å². The second-order valence-corrected chi connectivity index (χ2v) is 6.36. The van der Waals surface area contributed by atoms with Crippen LogP contribution in [0.3, 0.4) is 0 Å². The molecule has 0 aliphatic carbocycles. The fourth-order valence-corrected chi connectivity index (χ4v) is 3.15. The standard InChI is InChI=1S/C22H19N3O/c1-15-12-20-19(14-18(15)17-10-6-3-7-11-17)22(25-24-20)23-21(26)13-16-8-4-2-5-9-16/h2-12,14H,13H2,1H3,(H2,23,24,25,26). The van der Waals surface area contributed by atoms with Crippen LogP contribution in [0.15, 0.2) is 72.8 Å². The van der Waals surface area contributed by atoms with Gasteiger partial charge in [0.25, 0.3) is 0 Å². The van der Waals surface area contributed by atoms with Gasteiger partial charge in [-0.05, 0) is 41.3 Å². The van der Waals surface area contributed by atoms with Crippen molar-refractivity contribution >= 4 is 22.6 Å². The van der Waals surface area contributed by atoms with Crippen LogP contribution in [0.4, 0.5) is 5.82 Å². The van der Waals surface area contributed by atoms with Crippen molar-refractivity contribution in [3.05, 3.63) is 83.9 Å². The molecule has 4 aromatic rings. The van der Waals surface area contributed by atoms with Crippen LogP contribution in [0.2, 0.25) is 0 Å². The normalized spacial score (nSPS) is 10.8. The van der Waals surface area contributed by atoms with E-state index in [4.69, 9.17) is 0 Å². The number of aromatic nitrogens is 2. The monoisotopic (exact) mass is 341 g/mol. The lowest BCUT2D eigenvalue weighted by Gasteiger charge is -2.08. The predicted molar refractivity (Wildman–Crippen MR) is 105 cm³/mol. The molecular formula is C22H19N3O. The van der Waals surface area contributed by atoms with Crippen molar-refractivity contribution in [2.24, 2.45) is 0 Å². The molecule has 0 aliphatic heterocycles. The molecule has 0 radical (unpaired) electrons. The van der Waals surface area contributed by atoms with E-state index in [-0.39, 0.29) is 5.91 Å². The SMILES string of the molecule is Cc1cc2[nH]nc(NC(=O)Cc3ccccc3)c2cc1-c1ccccc1. The molecule has 1 heterocycles. The minimum atomic E-state index is -0.0774. The Balaban J connectivity index is 1.65. The molecule has 0 spiro atoms. The Kier molecular flexibility index (Phi) is 4.23. The third-order valence-electron chi connectivity index (χ3n) is 4.46. The number of rotatable bonds is 4. The highest BCUT2D eigenvalue weighted by molar-refractivity contribution is 6.02. The van der Waals surface area contributed by atoms with Crippen molar-refractivity contribution in [2.45, 2.75) is 13.3 Å². The molecule has 0 bridgehead atoms. The predicted octanol–water partition coefficient (Wildman–Crippen LogP) is 4.72. The van der Waals surface area contributed by atoms with E-state index >= 15 is 0 Å². The van der Waals surface area contributed by atoms with Crippen LogP contribution in [0, 0.1) is 6.92 Å². The second kappa shape index (κ2) is 6.84. The molecule has 0 unspecified atom stereocenters. The molecule has 0 atom stereocenters. The smallest absolute Gasteiger partial charge is 0.230 e. The molecule has 26 heavy (non-hydrogen) atoms. The summed E-state index contributed by atoms with van der Waals surface area (Å²) in [6, 6.07) is 24.1. The molecule has 4 rings (SSSR count). The van der Waals surface area contributed by atoms with Gasteiger partial charge in [0.2, 0.25) is 5.91 Å². The van der Waals surface area contributed by atoms with E-state index in [2.05, 4.69) is 46.7 Å². The van der Waals surface area contributed by atoms with Gasteiger partial charge in [-0.1, -0.05) is 60.7 Å². The van der Waals surface area contributed by atoms with Crippen LogP contribution in [-0.4, -0.2) is 16.1 Å². The van der Waals surface area contributed by atoms with Gasteiger partial charge in [0.05, 0.1) is 11.9 Å². The molecular weight excluding hydrogens is 322 g/mol. The van der Waals surface area contributed by atoms with Crippen LogP contribution in [0.25, 0.3) is 22.0 Å². The van der Waals surface area contributed by atoms with Gasteiger partial charge in [-0.25, -0.2) is 0 Å². The van der Waals surface area contributed by atoms with Crippen LogP contribution >= 0.6 is 0 Å². The summed E-state index contributed by atoms with van der Waals surface area (Å²) >= 11 is 0. The van der Waals surface area contributed by atoms with Gasteiger partial charge in [-0.15, -0.1) is 0 Å². The van der Waals surface area contributed by atoms with Crippen molar-refractivity contribution < 1.29 is 4.79 Å². The average Bonchev–Trinajstić information content (AvgIpc) is 3.04. The highest BCUT2D eigenvalue weighted by Crippen LogP contribution is 2.30.